The van der Waals surface area contributed by atoms with Gasteiger partial charge in [-0.05, 0) is 19.3 Å². The Morgan fingerprint density at radius 3 is 2.64 bits per heavy atom. The van der Waals surface area contributed by atoms with Crippen LogP contribution in [-0.2, 0) is 4.79 Å². The third kappa shape index (κ3) is 2.96. The van der Waals surface area contributed by atoms with Gasteiger partial charge in [0.05, 0.1) is 11.6 Å². The first-order chi connectivity index (χ1) is 6.57. The number of amides is 1. The molecule has 0 heterocycles. The van der Waals surface area contributed by atoms with Crippen molar-refractivity contribution < 1.29 is 9.90 Å². The minimum atomic E-state index is -0.677. The van der Waals surface area contributed by atoms with Crippen molar-refractivity contribution in [1.82, 2.24) is 5.32 Å². The molecule has 1 rings (SSSR count). The van der Waals surface area contributed by atoms with Gasteiger partial charge in [0, 0.05) is 6.54 Å². The normalized spacial score (nSPS) is 21.9. The van der Waals surface area contributed by atoms with Crippen LogP contribution >= 0.6 is 0 Å². The molecule has 0 spiro atoms. The lowest BCUT2D eigenvalue weighted by Gasteiger charge is -2.23. The van der Waals surface area contributed by atoms with Gasteiger partial charge in [-0.1, -0.05) is 19.8 Å². The third-order valence-electron chi connectivity index (χ3n) is 2.90. The second kappa shape index (κ2) is 4.75. The Kier molecular flexibility index (Phi) is 3.89. The molecule has 4 heteroatoms. The largest absolute Gasteiger partial charge is 0.388 e. The smallest absolute Gasteiger partial charge is 0.237 e. The highest BCUT2D eigenvalue weighted by molar-refractivity contribution is 5.81. The van der Waals surface area contributed by atoms with Gasteiger partial charge in [-0.2, -0.15) is 0 Å². The molecule has 0 saturated heterocycles. The van der Waals surface area contributed by atoms with E-state index in [0.717, 1.165) is 25.7 Å². The summed E-state index contributed by atoms with van der Waals surface area (Å²) in [6, 6.07) is -0.444. The molecule has 0 aromatic heterocycles. The van der Waals surface area contributed by atoms with Gasteiger partial charge < -0.3 is 16.2 Å². The number of hydrogen-bond acceptors (Lipinski definition) is 3. The van der Waals surface area contributed by atoms with Gasteiger partial charge in [-0.25, -0.2) is 0 Å². The van der Waals surface area contributed by atoms with Gasteiger partial charge in [0.25, 0.3) is 0 Å². The van der Waals surface area contributed by atoms with Gasteiger partial charge in [0.2, 0.25) is 5.91 Å². The minimum Gasteiger partial charge on any atom is -0.388 e. The van der Waals surface area contributed by atoms with Crippen LogP contribution in [0, 0.1) is 0 Å². The Bertz CT molecular complexity index is 200. The van der Waals surface area contributed by atoms with Crippen LogP contribution in [-0.4, -0.2) is 29.2 Å². The molecule has 4 N–H and O–H groups in total. The van der Waals surface area contributed by atoms with E-state index in [1.807, 2.05) is 6.92 Å². The van der Waals surface area contributed by atoms with E-state index in [-0.39, 0.29) is 5.91 Å². The van der Waals surface area contributed by atoms with Crippen molar-refractivity contribution in [2.75, 3.05) is 6.54 Å². The number of aliphatic hydroxyl groups is 1. The zero-order valence-electron chi connectivity index (χ0n) is 8.75. The van der Waals surface area contributed by atoms with E-state index < -0.39 is 11.6 Å². The van der Waals surface area contributed by atoms with E-state index in [1.165, 1.54) is 0 Å². The van der Waals surface area contributed by atoms with E-state index in [0.29, 0.717) is 13.0 Å². The van der Waals surface area contributed by atoms with Crippen LogP contribution in [0.2, 0.25) is 0 Å². The van der Waals surface area contributed by atoms with Crippen molar-refractivity contribution in [3.05, 3.63) is 0 Å². The Labute approximate surface area is 84.9 Å². The molecular formula is C10H20N2O2. The molecule has 0 aliphatic heterocycles. The van der Waals surface area contributed by atoms with Crippen molar-refractivity contribution in [3.8, 4) is 0 Å². The lowest BCUT2D eigenvalue weighted by molar-refractivity contribution is -0.123. The van der Waals surface area contributed by atoms with Crippen LogP contribution in [0.15, 0.2) is 0 Å². The average Bonchev–Trinajstić information content (AvgIpc) is 2.61. The lowest BCUT2D eigenvalue weighted by Crippen LogP contribution is -2.46. The zero-order chi connectivity index (χ0) is 10.6. The van der Waals surface area contributed by atoms with Crippen LogP contribution in [0.3, 0.4) is 0 Å². The maximum absolute atomic E-state index is 11.3. The third-order valence-corrected chi connectivity index (χ3v) is 2.90. The lowest BCUT2D eigenvalue weighted by atomic mass is 10.0. The van der Waals surface area contributed by atoms with Crippen LogP contribution in [0.5, 0.6) is 0 Å². The average molecular weight is 200 g/mol. The first-order valence-electron chi connectivity index (χ1n) is 5.33. The topological polar surface area (TPSA) is 75.4 Å². The van der Waals surface area contributed by atoms with E-state index in [1.54, 1.807) is 0 Å². The molecule has 1 fully saturated rings. The van der Waals surface area contributed by atoms with Crippen molar-refractivity contribution in [3.63, 3.8) is 0 Å². The summed E-state index contributed by atoms with van der Waals surface area (Å²) in [6.45, 7) is 2.22. The molecule has 0 aromatic carbocycles. The molecule has 1 aliphatic rings. The molecule has 4 nitrogen and oxygen atoms in total. The monoisotopic (exact) mass is 200 g/mol. The highest BCUT2D eigenvalue weighted by Gasteiger charge is 2.31. The molecule has 0 radical (unpaired) electrons. The molecule has 0 bridgehead atoms. The summed E-state index contributed by atoms with van der Waals surface area (Å²) in [7, 11) is 0. The van der Waals surface area contributed by atoms with E-state index in [9.17, 15) is 9.90 Å². The summed E-state index contributed by atoms with van der Waals surface area (Å²) >= 11 is 0. The van der Waals surface area contributed by atoms with Crippen molar-refractivity contribution >= 4 is 5.91 Å². The quantitative estimate of drug-likeness (QED) is 0.604. The SMILES string of the molecule is CC[C@H](N)C(=O)NCC1(O)CCCC1. The van der Waals surface area contributed by atoms with Crippen LogP contribution < -0.4 is 11.1 Å². The van der Waals surface area contributed by atoms with Gasteiger partial charge in [-0.3, -0.25) is 4.79 Å². The van der Waals surface area contributed by atoms with E-state index in [4.69, 9.17) is 5.73 Å². The Morgan fingerprint density at radius 2 is 2.14 bits per heavy atom. The molecule has 82 valence electrons. The predicted octanol–water partition coefficient (Wildman–Crippen LogP) is 0.145. The van der Waals surface area contributed by atoms with Gasteiger partial charge >= 0.3 is 0 Å². The molecule has 1 amide bonds. The molecule has 1 aliphatic carbocycles. The van der Waals surface area contributed by atoms with Gasteiger partial charge in [0.1, 0.15) is 0 Å². The Balaban J connectivity index is 2.29. The second-order valence-corrected chi connectivity index (χ2v) is 4.16. The number of nitrogens with one attached hydrogen (secondary N) is 1. The van der Waals surface area contributed by atoms with Gasteiger partial charge in [0.15, 0.2) is 0 Å². The summed E-state index contributed by atoms with van der Waals surface area (Å²) in [5.74, 6) is -0.159. The van der Waals surface area contributed by atoms with Crippen LogP contribution in [0.25, 0.3) is 0 Å². The zero-order valence-corrected chi connectivity index (χ0v) is 8.75. The number of rotatable bonds is 4. The molecule has 1 atom stereocenters. The van der Waals surface area contributed by atoms with E-state index in [2.05, 4.69) is 5.32 Å². The standard InChI is InChI=1S/C10H20N2O2/c1-2-8(11)9(13)12-7-10(14)5-3-4-6-10/h8,14H,2-7,11H2,1H3,(H,12,13)/t8-/m0/s1. The number of hydrogen-bond donors (Lipinski definition) is 3. The number of carbonyl (C=O) groups excluding carboxylic acids is 1. The fourth-order valence-corrected chi connectivity index (χ4v) is 1.78. The first kappa shape index (κ1) is 11.5. The summed E-state index contributed by atoms with van der Waals surface area (Å²) < 4.78 is 0. The summed E-state index contributed by atoms with van der Waals surface area (Å²) in [5, 5.41) is 12.6. The molecular weight excluding hydrogens is 180 g/mol. The molecule has 0 unspecified atom stereocenters. The summed E-state index contributed by atoms with van der Waals surface area (Å²) in [5.41, 5.74) is 4.87. The highest BCUT2D eigenvalue weighted by atomic mass is 16.3. The Morgan fingerprint density at radius 1 is 1.57 bits per heavy atom. The van der Waals surface area contributed by atoms with E-state index >= 15 is 0 Å². The number of carbonyl (C=O) groups is 1. The summed E-state index contributed by atoms with van der Waals surface area (Å²) in [4.78, 5) is 11.3. The Hall–Kier alpha value is -0.610. The summed E-state index contributed by atoms with van der Waals surface area (Å²) in [6.07, 6.45) is 4.30. The maximum Gasteiger partial charge on any atom is 0.237 e. The molecule has 14 heavy (non-hydrogen) atoms. The van der Waals surface area contributed by atoms with Crippen LogP contribution in [0.1, 0.15) is 39.0 Å². The number of nitrogens with two attached hydrogens (primary N) is 1. The van der Waals surface area contributed by atoms with Crippen LogP contribution in [0.4, 0.5) is 0 Å². The fraction of sp³-hybridized carbons (Fsp3) is 0.900. The highest BCUT2D eigenvalue weighted by Crippen LogP contribution is 2.28. The molecule has 0 aromatic rings. The maximum atomic E-state index is 11.3. The fourth-order valence-electron chi connectivity index (χ4n) is 1.78. The van der Waals surface area contributed by atoms with Crippen molar-refractivity contribution in [2.45, 2.75) is 50.7 Å². The molecule has 1 saturated carbocycles. The minimum absolute atomic E-state index is 0.159. The van der Waals surface area contributed by atoms with Crippen molar-refractivity contribution in [2.24, 2.45) is 5.73 Å². The first-order valence-corrected chi connectivity index (χ1v) is 5.33. The van der Waals surface area contributed by atoms with Gasteiger partial charge in [-0.15, -0.1) is 0 Å². The predicted molar refractivity (Wildman–Crippen MR) is 54.7 cm³/mol. The van der Waals surface area contributed by atoms with Crippen molar-refractivity contribution in [1.29, 1.82) is 0 Å². The second-order valence-electron chi connectivity index (χ2n) is 4.16.